The average molecular weight is 495 g/mol. The van der Waals surface area contributed by atoms with Crippen molar-refractivity contribution in [3.63, 3.8) is 0 Å². The van der Waals surface area contributed by atoms with Gasteiger partial charge < -0.3 is 24.2 Å². The average Bonchev–Trinajstić information content (AvgIpc) is 3.02. The maximum absolute atomic E-state index is 11.8. The molecule has 0 aromatic heterocycles. The highest BCUT2D eigenvalue weighted by Crippen LogP contribution is 2.43. The normalized spacial score (nSPS) is 17.2. The molecule has 10 nitrogen and oxygen atoms in total. The number of ether oxygens (including phenoxy) is 2. The lowest BCUT2D eigenvalue weighted by Crippen LogP contribution is -2.34. The van der Waals surface area contributed by atoms with Crippen LogP contribution in [0.1, 0.15) is 96.8 Å². The molecular formula is C22H39O10P. The van der Waals surface area contributed by atoms with Crippen LogP contribution in [0.4, 0.5) is 0 Å². The number of unbranched alkanes of at least 4 members (excludes halogenated alkanes) is 12. The number of hydrogen-bond donors (Lipinski definition) is 4. The molecule has 0 fully saturated rings. The van der Waals surface area contributed by atoms with Crippen LogP contribution in [0.15, 0.2) is 11.5 Å². The van der Waals surface area contributed by atoms with E-state index in [1.165, 1.54) is 57.8 Å². The molecule has 0 bridgehead atoms. The lowest BCUT2D eigenvalue weighted by atomic mass is 10.0. The van der Waals surface area contributed by atoms with Gasteiger partial charge in [-0.05, 0) is 6.42 Å². The summed E-state index contributed by atoms with van der Waals surface area (Å²) >= 11 is 0. The summed E-state index contributed by atoms with van der Waals surface area (Å²) in [6.45, 7) is 1.64. The van der Waals surface area contributed by atoms with E-state index in [0.29, 0.717) is 6.42 Å². The van der Waals surface area contributed by atoms with Gasteiger partial charge in [-0.15, -0.1) is 0 Å². The van der Waals surface area contributed by atoms with E-state index in [4.69, 9.17) is 14.5 Å². The Morgan fingerprint density at radius 2 is 1.45 bits per heavy atom. The van der Waals surface area contributed by atoms with E-state index in [9.17, 15) is 24.4 Å². The van der Waals surface area contributed by atoms with Gasteiger partial charge in [0.05, 0.1) is 0 Å². The summed E-state index contributed by atoms with van der Waals surface area (Å²) in [7, 11) is -5.10. The zero-order valence-corrected chi connectivity index (χ0v) is 20.3. The molecule has 1 aliphatic heterocycles. The highest BCUT2D eigenvalue weighted by atomic mass is 31.2. The fourth-order valence-corrected chi connectivity index (χ4v) is 4.01. The molecule has 0 amide bonds. The van der Waals surface area contributed by atoms with Gasteiger partial charge in [-0.25, -0.2) is 9.36 Å². The van der Waals surface area contributed by atoms with Gasteiger partial charge in [0.15, 0.2) is 6.10 Å². The standard InChI is InChI=1S/C22H39O10P/c1-2-3-4-5-6-7-8-9-10-11-12-13-14-15-18(24)30-16-17(23)20-21(32-33(27,28)29)19(25)22(26)31-20/h17,20,23,25H,2-16H2,1H3,(H2,27,28,29)/t17-,20+/m0/s1. The van der Waals surface area contributed by atoms with Gasteiger partial charge in [0.2, 0.25) is 11.5 Å². The van der Waals surface area contributed by atoms with Crippen LogP contribution in [0, 0.1) is 0 Å². The third-order valence-corrected chi connectivity index (χ3v) is 5.82. The highest BCUT2D eigenvalue weighted by molar-refractivity contribution is 7.46. The zero-order chi connectivity index (χ0) is 24.7. The topological polar surface area (TPSA) is 160 Å². The molecule has 0 saturated heterocycles. The molecule has 33 heavy (non-hydrogen) atoms. The van der Waals surface area contributed by atoms with E-state index >= 15 is 0 Å². The van der Waals surface area contributed by atoms with Gasteiger partial charge in [-0.1, -0.05) is 84.0 Å². The van der Waals surface area contributed by atoms with Crippen LogP contribution in [0.2, 0.25) is 0 Å². The Hall–Kier alpha value is -1.61. The summed E-state index contributed by atoms with van der Waals surface area (Å²) in [4.78, 5) is 41.0. The fraction of sp³-hybridized carbons (Fsp3) is 0.818. The summed E-state index contributed by atoms with van der Waals surface area (Å²) in [5.41, 5.74) is 0. The first-order chi connectivity index (χ1) is 15.7. The minimum absolute atomic E-state index is 0.169. The van der Waals surface area contributed by atoms with Crippen LogP contribution < -0.4 is 0 Å². The monoisotopic (exact) mass is 494 g/mol. The second-order valence-electron chi connectivity index (χ2n) is 8.36. The molecule has 0 aromatic carbocycles. The summed E-state index contributed by atoms with van der Waals surface area (Å²) in [5, 5.41) is 19.6. The molecule has 0 aromatic rings. The smallest absolute Gasteiger partial charge is 0.499 e. The second kappa shape index (κ2) is 16.1. The predicted molar refractivity (Wildman–Crippen MR) is 120 cm³/mol. The molecule has 0 spiro atoms. The SMILES string of the molecule is CCCCCCCCCCCCCCCC(=O)OC[C@H](O)[C@H]1OC(=O)C(O)=C1OP(=O)(O)O. The van der Waals surface area contributed by atoms with E-state index in [2.05, 4.69) is 16.2 Å². The van der Waals surface area contributed by atoms with Crippen LogP contribution in [0.5, 0.6) is 0 Å². The number of phosphoric ester groups is 1. The number of rotatable bonds is 19. The molecule has 4 N–H and O–H groups in total. The molecule has 1 rings (SSSR count). The summed E-state index contributed by atoms with van der Waals surface area (Å²) in [6, 6.07) is 0. The molecule has 0 radical (unpaired) electrons. The summed E-state index contributed by atoms with van der Waals surface area (Å²) in [5.74, 6) is -3.90. The Morgan fingerprint density at radius 3 is 1.94 bits per heavy atom. The molecule has 2 atom stereocenters. The number of esters is 2. The van der Waals surface area contributed by atoms with Crippen molar-refractivity contribution in [1.29, 1.82) is 0 Å². The van der Waals surface area contributed by atoms with Crippen LogP contribution in [-0.4, -0.2) is 50.8 Å². The second-order valence-corrected chi connectivity index (χ2v) is 9.53. The van der Waals surface area contributed by atoms with Crippen molar-refractivity contribution in [3.05, 3.63) is 11.5 Å². The summed E-state index contributed by atoms with van der Waals surface area (Å²) in [6.07, 6.45) is 12.2. The number of aliphatic hydroxyl groups excluding tert-OH is 2. The van der Waals surface area contributed by atoms with Gasteiger partial charge >= 0.3 is 19.8 Å². The van der Waals surface area contributed by atoms with Gasteiger partial charge in [-0.2, -0.15) is 0 Å². The van der Waals surface area contributed by atoms with Crippen molar-refractivity contribution < 1.29 is 48.2 Å². The Bertz CT molecular complexity index is 672. The Kier molecular flexibility index (Phi) is 14.3. The van der Waals surface area contributed by atoms with Crippen LogP contribution >= 0.6 is 7.82 Å². The zero-order valence-electron chi connectivity index (χ0n) is 19.4. The van der Waals surface area contributed by atoms with Crippen molar-refractivity contribution in [2.75, 3.05) is 6.61 Å². The fourth-order valence-electron chi connectivity index (χ4n) is 3.56. The maximum Gasteiger partial charge on any atom is 0.524 e. The van der Waals surface area contributed by atoms with Crippen molar-refractivity contribution in [1.82, 2.24) is 0 Å². The van der Waals surface area contributed by atoms with Crippen LogP contribution in [-0.2, 0) is 28.2 Å². The van der Waals surface area contributed by atoms with Gasteiger partial charge in [-0.3, -0.25) is 14.6 Å². The van der Waals surface area contributed by atoms with Gasteiger partial charge in [0.25, 0.3) is 0 Å². The van der Waals surface area contributed by atoms with E-state index < -0.39 is 50.1 Å². The maximum atomic E-state index is 11.8. The third-order valence-electron chi connectivity index (χ3n) is 5.39. The summed E-state index contributed by atoms with van der Waals surface area (Å²) < 4.78 is 24.8. The highest BCUT2D eigenvalue weighted by Gasteiger charge is 2.44. The Balaban J connectivity index is 2.10. The van der Waals surface area contributed by atoms with E-state index in [0.717, 1.165) is 19.3 Å². The molecular weight excluding hydrogens is 455 g/mol. The van der Waals surface area contributed by atoms with Crippen molar-refractivity contribution >= 4 is 19.8 Å². The van der Waals surface area contributed by atoms with Gasteiger partial charge in [0.1, 0.15) is 12.7 Å². The minimum atomic E-state index is -5.10. The molecule has 1 aliphatic rings. The molecule has 0 saturated carbocycles. The molecule has 0 unspecified atom stereocenters. The quantitative estimate of drug-likeness (QED) is 0.116. The van der Waals surface area contributed by atoms with E-state index in [1.54, 1.807) is 0 Å². The Labute approximate surface area is 195 Å². The first-order valence-corrected chi connectivity index (χ1v) is 13.4. The van der Waals surface area contributed by atoms with Crippen molar-refractivity contribution in [2.45, 2.75) is 109 Å². The number of aliphatic hydroxyl groups is 2. The molecule has 11 heteroatoms. The first-order valence-electron chi connectivity index (χ1n) is 11.9. The molecule has 1 heterocycles. The molecule has 0 aliphatic carbocycles. The van der Waals surface area contributed by atoms with E-state index in [1.807, 2.05) is 0 Å². The number of hydrogen-bond acceptors (Lipinski definition) is 8. The molecule has 192 valence electrons. The van der Waals surface area contributed by atoms with Crippen molar-refractivity contribution in [3.8, 4) is 0 Å². The lowest BCUT2D eigenvalue weighted by Gasteiger charge is -2.20. The third kappa shape index (κ3) is 13.0. The van der Waals surface area contributed by atoms with Gasteiger partial charge in [0, 0.05) is 6.42 Å². The number of phosphoric acid groups is 1. The van der Waals surface area contributed by atoms with Crippen LogP contribution in [0.25, 0.3) is 0 Å². The van der Waals surface area contributed by atoms with Crippen LogP contribution in [0.3, 0.4) is 0 Å². The number of carbonyl (C=O) groups excluding carboxylic acids is 2. The number of cyclic esters (lactones) is 1. The van der Waals surface area contributed by atoms with Crippen molar-refractivity contribution in [2.24, 2.45) is 0 Å². The largest absolute Gasteiger partial charge is 0.524 e. The predicted octanol–water partition coefficient (Wildman–Crippen LogP) is 4.18. The lowest BCUT2D eigenvalue weighted by molar-refractivity contribution is -0.154. The first kappa shape index (κ1) is 29.4. The number of carbonyl (C=O) groups is 2. The minimum Gasteiger partial charge on any atom is -0.499 e. The Morgan fingerprint density at radius 1 is 0.970 bits per heavy atom. The van der Waals surface area contributed by atoms with E-state index in [-0.39, 0.29) is 6.42 Å².